The molecular formula is C20H16Cl2F2N4O3S. The van der Waals surface area contributed by atoms with E-state index in [-0.39, 0.29) is 43.5 Å². The molecule has 0 saturated carbocycles. The average Bonchev–Trinajstić information content (AvgIpc) is 2.70. The highest BCUT2D eigenvalue weighted by Gasteiger charge is 2.20. The van der Waals surface area contributed by atoms with Gasteiger partial charge in [0.25, 0.3) is 10.0 Å². The van der Waals surface area contributed by atoms with Crippen LogP contribution in [0.3, 0.4) is 0 Å². The molecule has 3 rings (SSSR count). The Morgan fingerprint density at radius 1 is 1.16 bits per heavy atom. The number of hydrogen-bond acceptors (Lipinski definition) is 4. The number of halogens is 4. The van der Waals surface area contributed by atoms with Gasteiger partial charge in [0.05, 0.1) is 11.3 Å². The average molecular weight is 501 g/mol. The lowest BCUT2D eigenvalue weighted by molar-refractivity contribution is -0.115. The first kappa shape index (κ1) is 23.8. The van der Waals surface area contributed by atoms with E-state index < -0.39 is 27.6 Å². The van der Waals surface area contributed by atoms with Gasteiger partial charge >= 0.3 is 0 Å². The number of nitrogens with one attached hydrogen (secondary N) is 1. The van der Waals surface area contributed by atoms with Crippen molar-refractivity contribution in [2.75, 3.05) is 19.4 Å². The molecule has 3 aromatic rings. The maximum Gasteiger partial charge on any atom is 0.284 e. The Labute approximate surface area is 192 Å². The third-order valence-corrected chi connectivity index (χ3v) is 6.13. The first-order valence-electron chi connectivity index (χ1n) is 8.96. The normalized spacial score (nSPS) is 11.8. The summed E-state index contributed by atoms with van der Waals surface area (Å²) in [5.41, 5.74) is 0.154. The SMILES string of the molecule is CN(C)C=NS(=O)(=O)c1cc(NC(=O)Cc2cc(F)c(F)cc2Cl)cc2c(Cl)nccc12. The van der Waals surface area contributed by atoms with Gasteiger partial charge in [0.15, 0.2) is 11.6 Å². The van der Waals surface area contributed by atoms with Gasteiger partial charge in [-0.3, -0.25) is 4.79 Å². The van der Waals surface area contributed by atoms with E-state index in [1.807, 2.05) is 0 Å². The summed E-state index contributed by atoms with van der Waals surface area (Å²) in [6.07, 6.45) is 2.10. The molecule has 0 aliphatic carbocycles. The van der Waals surface area contributed by atoms with Crippen LogP contribution in [0, 0.1) is 11.6 Å². The van der Waals surface area contributed by atoms with Crippen LogP contribution in [-0.2, 0) is 21.2 Å². The van der Waals surface area contributed by atoms with Gasteiger partial charge in [0, 0.05) is 41.8 Å². The van der Waals surface area contributed by atoms with Crippen molar-refractivity contribution >= 4 is 61.9 Å². The van der Waals surface area contributed by atoms with Gasteiger partial charge in [-0.1, -0.05) is 23.2 Å². The molecule has 168 valence electrons. The highest BCUT2D eigenvalue weighted by atomic mass is 35.5. The van der Waals surface area contributed by atoms with E-state index >= 15 is 0 Å². The number of hydrogen-bond donors (Lipinski definition) is 1. The van der Waals surface area contributed by atoms with Gasteiger partial charge in [0.1, 0.15) is 11.5 Å². The molecule has 1 amide bonds. The Hall–Kier alpha value is -2.82. The van der Waals surface area contributed by atoms with Crippen molar-refractivity contribution in [3.63, 3.8) is 0 Å². The monoisotopic (exact) mass is 500 g/mol. The van der Waals surface area contributed by atoms with E-state index in [1.165, 1.54) is 29.3 Å². The smallest absolute Gasteiger partial charge is 0.284 e. The first-order valence-corrected chi connectivity index (χ1v) is 11.2. The van der Waals surface area contributed by atoms with Crippen LogP contribution >= 0.6 is 23.2 Å². The molecule has 0 aliphatic rings. The largest absolute Gasteiger partial charge is 0.368 e. The summed E-state index contributed by atoms with van der Waals surface area (Å²) in [6, 6.07) is 5.74. The lowest BCUT2D eigenvalue weighted by atomic mass is 10.1. The molecule has 0 saturated heterocycles. The van der Waals surface area contributed by atoms with Crippen molar-refractivity contribution < 1.29 is 22.0 Å². The molecule has 0 spiro atoms. The molecule has 0 fully saturated rings. The standard InChI is InChI=1S/C20H16Cl2F2N4O3S/c1-28(2)10-26-32(30,31)18-8-12(7-14-13(18)3-4-25-20(14)22)27-19(29)6-11-5-16(23)17(24)9-15(11)21/h3-5,7-10H,6H2,1-2H3,(H,27,29). The second kappa shape index (κ2) is 9.35. The van der Waals surface area contributed by atoms with Crippen LogP contribution in [0.1, 0.15) is 5.56 Å². The lowest BCUT2D eigenvalue weighted by Gasteiger charge is -2.12. The van der Waals surface area contributed by atoms with Crippen LogP contribution in [0.25, 0.3) is 10.8 Å². The molecule has 0 unspecified atom stereocenters. The van der Waals surface area contributed by atoms with Crippen molar-refractivity contribution in [2.45, 2.75) is 11.3 Å². The molecule has 1 N–H and O–H groups in total. The maximum atomic E-state index is 13.5. The van der Waals surface area contributed by atoms with Gasteiger partial charge in [0.2, 0.25) is 5.91 Å². The van der Waals surface area contributed by atoms with E-state index in [9.17, 15) is 22.0 Å². The van der Waals surface area contributed by atoms with Crippen LogP contribution in [0.2, 0.25) is 10.2 Å². The summed E-state index contributed by atoms with van der Waals surface area (Å²) >= 11 is 12.0. The predicted molar refractivity (Wildman–Crippen MR) is 120 cm³/mol. The van der Waals surface area contributed by atoms with Gasteiger partial charge in [-0.2, -0.15) is 8.42 Å². The Balaban J connectivity index is 2.01. The minimum absolute atomic E-state index is 0.0234. The summed E-state index contributed by atoms with van der Waals surface area (Å²) in [6.45, 7) is 0. The molecular weight excluding hydrogens is 485 g/mol. The van der Waals surface area contributed by atoms with Crippen molar-refractivity contribution in [3.8, 4) is 0 Å². The maximum absolute atomic E-state index is 13.5. The molecule has 0 aliphatic heterocycles. The van der Waals surface area contributed by atoms with Crippen molar-refractivity contribution in [1.82, 2.24) is 9.88 Å². The fourth-order valence-electron chi connectivity index (χ4n) is 2.79. The van der Waals surface area contributed by atoms with E-state index in [4.69, 9.17) is 23.2 Å². The van der Waals surface area contributed by atoms with Gasteiger partial charge in [-0.05, 0) is 35.9 Å². The Kier molecular flexibility index (Phi) is 6.97. The summed E-state index contributed by atoms with van der Waals surface area (Å²) in [7, 11) is -0.937. The van der Waals surface area contributed by atoms with Gasteiger partial charge in [-0.25, -0.2) is 13.8 Å². The zero-order chi connectivity index (χ0) is 23.6. The zero-order valence-corrected chi connectivity index (χ0v) is 19.1. The van der Waals surface area contributed by atoms with E-state index in [2.05, 4.69) is 14.7 Å². The highest BCUT2D eigenvalue weighted by Crippen LogP contribution is 2.32. The molecule has 1 heterocycles. The molecule has 1 aromatic heterocycles. The second-order valence-electron chi connectivity index (χ2n) is 6.91. The Morgan fingerprint density at radius 3 is 2.53 bits per heavy atom. The Morgan fingerprint density at radius 2 is 1.84 bits per heavy atom. The summed E-state index contributed by atoms with van der Waals surface area (Å²) in [5.74, 6) is -2.92. The van der Waals surface area contributed by atoms with Crippen LogP contribution < -0.4 is 5.32 Å². The number of sulfonamides is 1. The van der Waals surface area contributed by atoms with Crippen LogP contribution in [0.5, 0.6) is 0 Å². The summed E-state index contributed by atoms with van der Waals surface area (Å²) in [4.78, 5) is 17.7. The number of pyridine rings is 1. The molecule has 2 aromatic carbocycles. The number of benzene rings is 2. The summed E-state index contributed by atoms with van der Waals surface area (Å²) < 4.78 is 56.0. The van der Waals surface area contributed by atoms with Crippen molar-refractivity contribution in [3.05, 3.63) is 63.9 Å². The minimum Gasteiger partial charge on any atom is -0.368 e. The Bertz CT molecular complexity index is 1350. The number of fused-ring (bicyclic) bond motifs is 1. The number of amides is 1. The number of anilines is 1. The molecule has 0 atom stereocenters. The van der Waals surface area contributed by atoms with Gasteiger partial charge in [-0.15, -0.1) is 4.40 Å². The third-order valence-electron chi connectivity index (χ3n) is 4.21. The van der Waals surface area contributed by atoms with Crippen LogP contribution in [0.4, 0.5) is 14.5 Å². The minimum atomic E-state index is -4.16. The molecule has 0 bridgehead atoms. The third kappa shape index (κ3) is 5.32. The predicted octanol–water partition coefficient (Wildman–Crippen LogP) is 4.28. The molecule has 7 nitrogen and oxygen atoms in total. The number of rotatable bonds is 6. The van der Waals surface area contributed by atoms with E-state index in [0.29, 0.717) is 0 Å². The van der Waals surface area contributed by atoms with E-state index in [1.54, 1.807) is 14.1 Å². The fourth-order valence-corrected chi connectivity index (χ4v) is 4.38. The van der Waals surface area contributed by atoms with Crippen molar-refractivity contribution in [1.29, 1.82) is 0 Å². The molecule has 32 heavy (non-hydrogen) atoms. The molecule has 12 heteroatoms. The molecule has 0 radical (unpaired) electrons. The zero-order valence-electron chi connectivity index (χ0n) is 16.7. The van der Waals surface area contributed by atoms with Crippen LogP contribution in [0.15, 0.2) is 45.8 Å². The summed E-state index contributed by atoms with van der Waals surface area (Å²) in [5, 5.41) is 2.97. The number of carbonyl (C=O) groups excluding carboxylic acids is 1. The lowest BCUT2D eigenvalue weighted by Crippen LogP contribution is -2.15. The number of nitrogens with zero attached hydrogens (tertiary/aromatic N) is 3. The number of aromatic nitrogens is 1. The second-order valence-corrected chi connectivity index (χ2v) is 9.28. The van der Waals surface area contributed by atoms with E-state index in [0.717, 1.165) is 18.5 Å². The highest BCUT2D eigenvalue weighted by molar-refractivity contribution is 7.90. The van der Waals surface area contributed by atoms with Crippen LogP contribution in [-0.4, -0.2) is 44.6 Å². The first-order chi connectivity index (χ1) is 15.0. The topological polar surface area (TPSA) is 91.7 Å². The fraction of sp³-hybridized carbons (Fsp3) is 0.150. The van der Waals surface area contributed by atoms with Gasteiger partial charge < -0.3 is 10.2 Å². The van der Waals surface area contributed by atoms with Crippen molar-refractivity contribution in [2.24, 2.45) is 4.40 Å². The quantitative estimate of drug-likeness (QED) is 0.236. The number of carbonyl (C=O) groups is 1.